The standard InChI is InChI=1S/C14H14ClFN2O/c1-7-4-3-5-11(8(7)2)19-14-10(18)6-9(17)12(15)13(14)16/h3-6H,17-18H2,1-2H3. The average molecular weight is 281 g/mol. The van der Waals surface area contributed by atoms with Crippen molar-refractivity contribution in [2.24, 2.45) is 0 Å². The molecule has 0 bridgehead atoms. The third kappa shape index (κ3) is 2.44. The van der Waals surface area contributed by atoms with E-state index in [1.165, 1.54) is 6.07 Å². The molecule has 0 unspecified atom stereocenters. The number of aryl methyl sites for hydroxylation is 1. The van der Waals surface area contributed by atoms with Gasteiger partial charge in [0.25, 0.3) is 0 Å². The first-order valence-electron chi connectivity index (χ1n) is 5.68. The molecular weight excluding hydrogens is 267 g/mol. The van der Waals surface area contributed by atoms with Gasteiger partial charge in [-0.05, 0) is 37.1 Å². The number of hydrogen-bond acceptors (Lipinski definition) is 3. The molecule has 0 radical (unpaired) electrons. The molecule has 0 fully saturated rings. The highest BCUT2D eigenvalue weighted by molar-refractivity contribution is 6.33. The second kappa shape index (κ2) is 4.97. The molecule has 0 aliphatic rings. The maximum Gasteiger partial charge on any atom is 0.188 e. The molecule has 0 aliphatic heterocycles. The van der Waals surface area contributed by atoms with Gasteiger partial charge in [0.2, 0.25) is 0 Å². The highest BCUT2D eigenvalue weighted by Gasteiger charge is 2.17. The third-order valence-corrected chi connectivity index (χ3v) is 3.37. The Morgan fingerprint density at radius 1 is 1.16 bits per heavy atom. The molecule has 2 rings (SSSR count). The Balaban J connectivity index is 2.50. The minimum atomic E-state index is -0.750. The lowest BCUT2D eigenvalue weighted by atomic mass is 10.1. The average Bonchev–Trinajstić information content (AvgIpc) is 2.37. The van der Waals surface area contributed by atoms with Crippen molar-refractivity contribution in [3.63, 3.8) is 0 Å². The number of ether oxygens (including phenoxy) is 1. The highest BCUT2D eigenvalue weighted by Crippen LogP contribution is 2.39. The van der Waals surface area contributed by atoms with E-state index in [4.69, 9.17) is 27.8 Å². The first-order chi connectivity index (χ1) is 8.91. The van der Waals surface area contributed by atoms with Crippen molar-refractivity contribution in [2.45, 2.75) is 13.8 Å². The molecular formula is C14H14ClFN2O. The van der Waals surface area contributed by atoms with Crippen LogP contribution in [0.3, 0.4) is 0 Å². The van der Waals surface area contributed by atoms with Crippen LogP contribution < -0.4 is 16.2 Å². The number of hydrogen-bond donors (Lipinski definition) is 2. The van der Waals surface area contributed by atoms with Gasteiger partial charge in [-0.1, -0.05) is 23.7 Å². The molecule has 2 aromatic carbocycles. The van der Waals surface area contributed by atoms with E-state index in [9.17, 15) is 4.39 Å². The molecule has 2 aromatic rings. The predicted molar refractivity (Wildman–Crippen MR) is 76.2 cm³/mol. The zero-order valence-corrected chi connectivity index (χ0v) is 11.4. The van der Waals surface area contributed by atoms with Crippen molar-refractivity contribution in [1.82, 2.24) is 0 Å². The molecule has 0 atom stereocenters. The van der Waals surface area contributed by atoms with Crippen molar-refractivity contribution in [2.75, 3.05) is 11.5 Å². The van der Waals surface area contributed by atoms with Gasteiger partial charge in [0.1, 0.15) is 10.8 Å². The van der Waals surface area contributed by atoms with Gasteiger partial charge in [0.15, 0.2) is 11.6 Å². The zero-order valence-electron chi connectivity index (χ0n) is 10.6. The van der Waals surface area contributed by atoms with E-state index in [1.54, 1.807) is 6.07 Å². The normalized spacial score (nSPS) is 10.5. The second-order valence-electron chi connectivity index (χ2n) is 4.31. The molecule has 0 heterocycles. The summed E-state index contributed by atoms with van der Waals surface area (Å²) in [4.78, 5) is 0. The van der Waals surface area contributed by atoms with Crippen molar-refractivity contribution in [3.8, 4) is 11.5 Å². The van der Waals surface area contributed by atoms with Crippen LogP contribution >= 0.6 is 11.6 Å². The van der Waals surface area contributed by atoms with E-state index in [2.05, 4.69) is 0 Å². The number of halogens is 2. The van der Waals surface area contributed by atoms with Gasteiger partial charge in [-0.25, -0.2) is 4.39 Å². The monoisotopic (exact) mass is 280 g/mol. The SMILES string of the molecule is Cc1cccc(Oc2c(N)cc(N)c(Cl)c2F)c1C. The van der Waals surface area contributed by atoms with E-state index in [-0.39, 0.29) is 22.1 Å². The Morgan fingerprint density at radius 3 is 2.53 bits per heavy atom. The summed E-state index contributed by atoms with van der Waals surface area (Å²) in [6.45, 7) is 3.83. The molecule has 100 valence electrons. The van der Waals surface area contributed by atoms with Crippen LogP contribution in [0.1, 0.15) is 11.1 Å². The van der Waals surface area contributed by atoms with Crippen LogP contribution in [0.5, 0.6) is 11.5 Å². The number of rotatable bonds is 2. The summed E-state index contributed by atoms with van der Waals surface area (Å²) in [5.41, 5.74) is 13.4. The maximum absolute atomic E-state index is 14.0. The van der Waals surface area contributed by atoms with Gasteiger partial charge in [-0.2, -0.15) is 0 Å². The summed E-state index contributed by atoms with van der Waals surface area (Å²) in [6.07, 6.45) is 0. The molecule has 0 aromatic heterocycles. The van der Waals surface area contributed by atoms with E-state index in [0.717, 1.165) is 11.1 Å². The van der Waals surface area contributed by atoms with Crippen molar-refractivity contribution in [3.05, 3.63) is 46.2 Å². The van der Waals surface area contributed by atoms with Gasteiger partial charge in [0.05, 0.1) is 11.4 Å². The van der Waals surface area contributed by atoms with Crippen LogP contribution in [0.4, 0.5) is 15.8 Å². The first-order valence-corrected chi connectivity index (χ1v) is 6.06. The minimum absolute atomic E-state index is 0.0879. The summed E-state index contributed by atoms with van der Waals surface area (Å²) < 4.78 is 19.6. The fourth-order valence-corrected chi connectivity index (χ4v) is 1.84. The van der Waals surface area contributed by atoms with E-state index >= 15 is 0 Å². The number of benzene rings is 2. The number of nitrogens with two attached hydrogens (primary N) is 2. The molecule has 0 saturated heterocycles. The molecule has 5 heteroatoms. The van der Waals surface area contributed by atoms with Gasteiger partial charge in [-0.15, -0.1) is 0 Å². The van der Waals surface area contributed by atoms with Gasteiger partial charge in [-0.3, -0.25) is 0 Å². The number of anilines is 2. The fourth-order valence-electron chi connectivity index (χ4n) is 1.70. The van der Waals surface area contributed by atoms with E-state index < -0.39 is 5.82 Å². The second-order valence-corrected chi connectivity index (χ2v) is 4.69. The molecule has 3 nitrogen and oxygen atoms in total. The summed E-state index contributed by atoms with van der Waals surface area (Å²) in [5.74, 6) is -0.320. The van der Waals surface area contributed by atoms with Crippen LogP contribution in [-0.2, 0) is 0 Å². The van der Waals surface area contributed by atoms with Crippen LogP contribution in [0, 0.1) is 19.7 Å². The molecule has 0 aliphatic carbocycles. The molecule has 0 saturated carbocycles. The minimum Gasteiger partial charge on any atom is -0.452 e. The van der Waals surface area contributed by atoms with Gasteiger partial charge in [0, 0.05) is 0 Å². The Labute approximate surface area is 115 Å². The Morgan fingerprint density at radius 2 is 1.84 bits per heavy atom. The van der Waals surface area contributed by atoms with Crippen molar-refractivity contribution >= 4 is 23.0 Å². The zero-order chi connectivity index (χ0) is 14.2. The molecule has 0 spiro atoms. The predicted octanol–water partition coefficient (Wildman–Crippen LogP) is 4.05. The van der Waals surface area contributed by atoms with Gasteiger partial charge >= 0.3 is 0 Å². The van der Waals surface area contributed by atoms with Crippen molar-refractivity contribution < 1.29 is 9.13 Å². The summed E-state index contributed by atoms with van der Waals surface area (Å²) in [7, 11) is 0. The summed E-state index contributed by atoms with van der Waals surface area (Å²) in [6, 6.07) is 6.89. The Bertz CT molecular complexity index is 644. The lowest BCUT2D eigenvalue weighted by Crippen LogP contribution is -2.00. The number of nitrogen functional groups attached to an aromatic ring is 2. The van der Waals surface area contributed by atoms with Crippen LogP contribution in [0.25, 0.3) is 0 Å². The molecule has 19 heavy (non-hydrogen) atoms. The summed E-state index contributed by atoms with van der Waals surface area (Å²) in [5, 5.41) is -0.186. The lowest BCUT2D eigenvalue weighted by Gasteiger charge is -2.14. The van der Waals surface area contributed by atoms with E-state index in [0.29, 0.717) is 5.75 Å². The largest absolute Gasteiger partial charge is 0.452 e. The van der Waals surface area contributed by atoms with Crippen LogP contribution in [0.15, 0.2) is 24.3 Å². The van der Waals surface area contributed by atoms with Crippen LogP contribution in [0.2, 0.25) is 5.02 Å². The highest BCUT2D eigenvalue weighted by atomic mass is 35.5. The Hall–Kier alpha value is -1.94. The Kier molecular flexibility index (Phi) is 3.53. The molecule has 0 amide bonds. The van der Waals surface area contributed by atoms with Crippen molar-refractivity contribution in [1.29, 1.82) is 0 Å². The smallest absolute Gasteiger partial charge is 0.188 e. The first kappa shape index (κ1) is 13.5. The van der Waals surface area contributed by atoms with Crippen LogP contribution in [-0.4, -0.2) is 0 Å². The maximum atomic E-state index is 14.0. The quantitative estimate of drug-likeness (QED) is 0.816. The molecule has 4 N–H and O–H groups in total. The third-order valence-electron chi connectivity index (χ3n) is 2.99. The van der Waals surface area contributed by atoms with Gasteiger partial charge < -0.3 is 16.2 Å². The summed E-state index contributed by atoms with van der Waals surface area (Å²) >= 11 is 5.76. The topological polar surface area (TPSA) is 61.3 Å². The van der Waals surface area contributed by atoms with E-state index in [1.807, 2.05) is 26.0 Å². The fraction of sp³-hybridized carbons (Fsp3) is 0.143. The lowest BCUT2D eigenvalue weighted by molar-refractivity contribution is 0.442.